The number of phenols is 1. The van der Waals surface area contributed by atoms with Gasteiger partial charge in [0.05, 0.1) is 10.5 Å². The smallest absolute Gasteiger partial charge is 0.338 e. The van der Waals surface area contributed by atoms with Gasteiger partial charge in [0.25, 0.3) is 5.69 Å². The summed E-state index contributed by atoms with van der Waals surface area (Å²) in [5, 5.41) is 24.8. The van der Waals surface area contributed by atoms with E-state index in [1.54, 1.807) is 6.07 Å². The lowest BCUT2D eigenvalue weighted by Crippen LogP contribution is -2.62. The standard InChI is InChI=1S/C24H26N2O5/c1-14-10-20-21-11-16-4-7-18(27)12-19(16)24(20,8-9-25-21)13-22(14)31-23(28)15-2-5-17(6-3-15)26(29)30/h2-7,12,14,20-22,25,27H,8-11,13H2,1H3/t14?,20-,21+,22+,24+/m0/s1. The molecule has 3 aliphatic rings. The molecule has 31 heavy (non-hydrogen) atoms. The average molecular weight is 422 g/mol. The molecule has 1 saturated carbocycles. The number of hydrogen-bond donors (Lipinski definition) is 2. The van der Waals surface area contributed by atoms with Crippen LogP contribution in [0.15, 0.2) is 42.5 Å². The van der Waals surface area contributed by atoms with Gasteiger partial charge in [0, 0.05) is 23.6 Å². The van der Waals surface area contributed by atoms with Crippen molar-refractivity contribution in [3.05, 3.63) is 69.3 Å². The molecule has 162 valence electrons. The second kappa shape index (κ2) is 7.34. The van der Waals surface area contributed by atoms with E-state index in [9.17, 15) is 20.0 Å². The number of nitrogens with zero attached hydrogens (tertiary/aromatic N) is 1. The molecule has 1 unspecified atom stereocenters. The van der Waals surface area contributed by atoms with Crippen LogP contribution >= 0.6 is 0 Å². The summed E-state index contributed by atoms with van der Waals surface area (Å²) >= 11 is 0. The topological polar surface area (TPSA) is 102 Å². The van der Waals surface area contributed by atoms with Gasteiger partial charge in [-0.2, -0.15) is 0 Å². The van der Waals surface area contributed by atoms with Gasteiger partial charge in [-0.25, -0.2) is 4.79 Å². The number of carbonyl (C=O) groups excluding carboxylic acids is 1. The van der Waals surface area contributed by atoms with Crippen molar-refractivity contribution in [3.63, 3.8) is 0 Å². The van der Waals surface area contributed by atoms with E-state index >= 15 is 0 Å². The summed E-state index contributed by atoms with van der Waals surface area (Å²) in [6, 6.07) is 11.6. The van der Waals surface area contributed by atoms with Crippen molar-refractivity contribution in [2.75, 3.05) is 6.54 Å². The van der Waals surface area contributed by atoms with Crippen LogP contribution in [0.3, 0.4) is 0 Å². The van der Waals surface area contributed by atoms with Crippen LogP contribution in [0.2, 0.25) is 0 Å². The Balaban J connectivity index is 1.43. The van der Waals surface area contributed by atoms with Gasteiger partial charge in [-0.3, -0.25) is 10.1 Å². The van der Waals surface area contributed by atoms with E-state index in [1.165, 1.54) is 35.4 Å². The van der Waals surface area contributed by atoms with Gasteiger partial charge in [-0.15, -0.1) is 0 Å². The maximum atomic E-state index is 12.8. The number of non-ortho nitro benzene ring substituents is 1. The maximum absolute atomic E-state index is 12.8. The first kappa shape index (κ1) is 20.0. The number of nitro benzene ring substituents is 1. The van der Waals surface area contributed by atoms with Gasteiger partial charge < -0.3 is 15.2 Å². The van der Waals surface area contributed by atoms with Gasteiger partial charge in [0.15, 0.2) is 0 Å². The minimum atomic E-state index is -0.485. The lowest BCUT2D eigenvalue weighted by Gasteiger charge is -2.58. The van der Waals surface area contributed by atoms with Crippen LogP contribution in [0.4, 0.5) is 5.69 Å². The molecule has 5 atom stereocenters. The van der Waals surface area contributed by atoms with Gasteiger partial charge >= 0.3 is 5.97 Å². The van der Waals surface area contributed by atoms with Gasteiger partial charge in [0.1, 0.15) is 11.9 Å². The third-order valence-corrected chi connectivity index (χ3v) is 7.64. The minimum absolute atomic E-state index is 0.0521. The number of aromatic hydroxyl groups is 1. The first-order valence-electron chi connectivity index (χ1n) is 10.9. The third kappa shape index (κ3) is 3.28. The van der Waals surface area contributed by atoms with Crippen LogP contribution in [0.5, 0.6) is 5.75 Å². The predicted octanol–water partition coefficient (Wildman–Crippen LogP) is 3.73. The Labute approximate surface area is 180 Å². The molecular formula is C24H26N2O5. The lowest BCUT2D eigenvalue weighted by atomic mass is 9.51. The highest BCUT2D eigenvalue weighted by Crippen LogP contribution is 2.56. The second-order valence-electron chi connectivity index (χ2n) is 9.28. The average Bonchev–Trinajstić information content (AvgIpc) is 2.75. The van der Waals surface area contributed by atoms with Crippen LogP contribution in [-0.4, -0.2) is 34.7 Å². The van der Waals surface area contributed by atoms with E-state index in [2.05, 4.69) is 12.2 Å². The zero-order valence-electron chi connectivity index (χ0n) is 17.4. The third-order valence-electron chi connectivity index (χ3n) is 7.64. The van der Waals surface area contributed by atoms with Gasteiger partial charge in [0.2, 0.25) is 0 Å². The maximum Gasteiger partial charge on any atom is 0.338 e. The molecule has 2 bridgehead atoms. The summed E-state index contributed by atoms with van der Waals surface area (Å²) in [4.78, 5) is 23.2. The summed E-state index contributed by atoms with van der Waals surface area (Å²) in [6.07, 6.45) is 3.34. The number of nitrogens with one attached hydrogen (secondary N) is 1. The molecule has 2 aromatic carbocycles. The Hall–Kier alpha value is -2.93. The molecule has 2 aromatic rings. The van der Waals surface area contributed by atoms with Gasteiger partial charge in [-0.1, -0.05) is 13.0 Å². The number of benzene rings is 2. The summed E-state index contributed by atoms with van der Waals surface area (Å²) in [5.41, 5.74) is 2.63. The molecule has 0 amide bonds. The number of carbonyl (C=O) groups is 1. The summed E-state index contributed by atoms with van der Waals surface area (Å²) in [7, 11) is 0. The Morgan fingerprint density at radius 2 is 2.03 bits per heavy atom. The molecule has 1 heterocycles. The largest absolute Gasteiger partial charge is 0.508 e. The zero-order chi connectivity index (χ0) is 21.8. The fourth-order valence-corrected chi connectivity index (χ4v) is 6.13. The number of ether oxygens (including phenoxy) is 1. The molecule has 0 aromatic heterocycles. The molecule has 2 aliphatic carbocycles. The molecule has 1 aliphatic heterocycles. The van der Waals surface area contributed by atoms with E-state index in [-0.39, 0.29) is 28.9 Å². The van der Waals surface area contributed by atoms with Crippen LogP contribution in [0, 0.1) is 22.0 Å². The van der Waals surface area contributed by atoms with E-state index in [0.717, 1.165) is 32.2 Å². The Morgan fingerprint density at radius 1 is 1.26 bits per heavy atom. The van der Waals surface area contributed by atoms with Crippen molar-refractivity contribution in [1.29, 1.82) is 0 Å². The molecule has 0 radical (unpaired) electrons. The number of phenolic OH excluding ortho intramolecular Hbond substituents is 1. The number of esters is 1. The number of hydrogen-bond acceptors (Lipinski definition) is 6. The van der Waals surface area contributed by atoms with Crippen LogP contribution in [0.25, 0.3) is 0 Å². The van der Waals surface area contributed by atoms with Crippen molar-refractivity contribution in [3.8, 4) is 5.75 Å². The normalized spacial score (nSPS) is 31.3. The number of rotatable bonds is 3. The first-order chi connectivity index (χ1) is 14.9. The second-order valence-corrected chi connectivity index (χ2v) is 9.28. The molecule has 5 rings (SSSR count). The Kier molecular flexibility index (Phi) is 4.73. The van der Waals surface area contributed by atoms with Crippen LogP contribution < -0.4 is 5.32 Å². The molecular weight excluding hydrogens is 396 g/mol. The number of nitro groups is 1. The summed E-state index contributed by atoms with van der Waals surface area (Å²) in [6.45, 7) is 3.04. The number of fused-ring (bicyclic) bond motifs is 1. The SMILES string of the molecule is CC1C[C@H]2[C@H]3Cc4ccc(O)cc4[C@@]2(CCN3)C[C@H]1OC(=O)c1ccc([N+](=O)[O-])cc1. The van der Waals surface area contributed by atoms with Crippen molar-refractivity contribution in [2.45, 2.75) is 50.2 Å². The molecule has 7 nitrogen and oxygen atoms in total. The van der Waals surface area contributed by atoms with Crippen molar-refractivity contribution in [1.82, 2.24) is 5.32 Å². The Morgan fingerprint density at radius 3 is 2.77 bits per heavy atom. The molecule has 7 heteroatoms. The summed E-state index contributed by atoms with van der Waals surface area (Å²) in [5.74, 6) is 0.488. The van der Waals surface area contributed by atoms with Gasteiger partial charge in [-0.05, 0) is 79.5 Å². The van der Waals surface area contributed by atoms with Crippen molar-refractivity contribution in [2.24, 2.45) is 11.8 Å². The molecule has 0 spiro atoms. The van der Waals surface area contributed by atoms with Crippen molar-refractivity contribution >= 4 is 11.7 Å². The lowest BCUT2D eigenvalue weighted by molar-refractivity contribution is -0.384. The van der Waals surface area contributed by atoms with E-state index in [4.69, 9.17) is 4.74 Å². The highest BCUT2D eigenvalue weighted by Gasteiger charge is 2.55. The van der Waals surface area contributed by atoms with E-state index in [1.807, 2.05) is 12.1 Å². The summed E-state index contributed by atoms with van der Waals surface area (Å²) < 4.78 is 5.98. The van der Waals surface area contributed by atoms with Crippen LogP contribution in [0.1, 0.15) is 47.7 Å². The Bertz CT molecular complexity index is 1040. The predicted molar refractivity (Wildman–Crippen MR) is 114 cm³/mol. The fraction of sp³-hybridized carbons (Fsp3) is 0.458. The highest BCUT2D eigenvalue weighted by molar-refractivity contribution is 5.89. The van der Waals surface area contributed by atoms with E-state index < -0.39 is 10.9 Å². The molecule has 2 N–H and O–H groups in total. The highest BCUT2D eigenvalue weighted by atomic mass is 16.6. The van der Waals surface area contributed by atoms with Crippen molar-refractivity contribution < 1.29 is 19.6 Å². The molecule has 1 saturated heterocycles. The fourth-order valence-electron chi connectivity index (χ4n) is 6.13. The first-order valence-corrected chi connectivity index (χ1v) is 10.9. The molecule has 2 fully saturated rings. The quantitative estimate of drug-likeness (QED) is 0.444. The monoisotopic (exact) mass is 422 g/mol. The number of piperidine rings is 1. The van der Waals surface area contributed by atoms with E-state index in [0.29, 0.717) is 17.5 Å². The van der Waals surface area contributed by atoms with Crippen LogP contribution in [-0.2, 0) is 16.6 Å². The minimum Gasteiger partial charge on any atom is -0.508 e. The zero-order valence-corrected chi connectivity index (χ0v) is 17.4.